The molecule has 2 aromatic rings. The van der Waals surface area contributed by atoms with E-state index in [1.807, 2.05) is 12.3 Å². The van der Waals surface area contributed by atoms with Crippen LogP contribution in [0.3, 0.4) is 0 Å². The van der Waals surface area contributed by atoms with Gasteiger partial charge in [0.2, 0.25) is 0 Å². The first-order valence-electron chi connectivity index (χ1n) is 10.5. The van der Waals surface area contributed by atoms with Gasteiger partial charge in [0, 0.05) is 58.4 Å². The maximum Gasteiger partial charge on any atom is 0.191 e. The number of anilines is 1. The summed E-state index contributed by atoms with van der Waals surface area (Å²) in [4.78, 5) is 14.0. The Labute approximate surface area is 173 Å². The summed E-state index contributed by atoms with van der Waals surface area (Å²) in [6.07, 6.45) is 4.55. The molecule has 29 heavy (non-hydrogen) atoms. The third-order valence-electron chi connectivity index (χ3n) is 5.06. The number of hydrogen-bond acceptors (Lipinski definition) is 6. The second-order valence-electron chi connectivity index (χ2n) is 7.23. The van der Waals surface area contributed by atoms with Crippen molar-refractivity contribution in [2.45, 2.75) is 33.4 Å². The second kappa shape index (κ2) is 10.8. The molecular formula is C20H33N9. The Bertz CT molecular complexity index is 778. The van der Waals surface area contributed by atoms with Gasteiger partial charge in [0.25, 0.3) is 0 Å². The third kappa shape index (κ3) is 6.15. The van der Waals surface area contributed by atoms with E-state index in [1.165, 1.54) is 5.56 Å². The molecular weight excluding hydrogens is 366 g/mol. The van der Waals surface area contributed by atoms with E-state index < -0.39 is 0 Å². The SMILES string of the molecule is CCNC(=NCc1ccnc(N2CCN(C)CC2)c1)NCCn1cnnc1CC. The van der Waals surface area contributed by atoms with Crippen molar-refractivity contribution in [2.75, 3.05) is 51.2 Å². The summed E-state index contributed by atoms with van der Waals surface area (Å²) in [6, 6.07) is 4.19. The van der Waals surface area contributed by atoms with Crippen LogP contribution in [0.4, 0.5) is 5.82 Å². The van der Waals surface area contributed by atoms with Gasteiger partial charge in [-0.15, -0.1) is 10.2 Å². The molecule has 0 saturated carbocycles. The standard InChI is InChI=1S/C20H33N9/c1-4-18-26-25-16-29(18)9-8-23-20(21-5-2)24-15-17-6-7-22-19(14-17)28-12-10-27(3)11-13-28/h6-7,14,16H,4-5,8-13,15H2,1-3H3,(H2,21,23,24). The predicted octanol–water partition coefficient (Wildman–Crippen LogP) is 0.743. The van der Waals surface area contributed by atoms with Crippen LogP contribution in [0.25, 0.3) is 0 Å². The fraction of sp³-hybridized carbons (Fsp3) is 0.600. The molecule has 9 nitrogen and oxygen atoms in total. The van der Waals surface area contributed by atoms with Gasteiger partial charge in [-0.2, -0.15) is 0 Å². The molecule has 158 valence electrons. The highest BCUT2D eigenvalue weighted by Gasteiger charge is 2.15. The highest BCUT2D eigenvalue weighted by Crippen LogP contribution is 2.15. The van der Waals surface area contributed by atoms with Crippen LogP contribution in [0.2, 0.25) is 0 Å². The zero-order chi connectivity index (χ0) is 20.5. The molecule has 1 saturated heterocycles. The molecule has 2 N–H and O–H groups in total. The lowest BCUT2D eigenvalue weighted by Gasteiger charge is -2.33. The van der Waals surface area contributed by atoms with Crippen LogP contribution in [0.5, 0.6) is 0 Å². The molecule has 0 aliphatic carbocycles. The zero-order valence-electron chi connectivity index (χ0n) is 17.8. The number of aromatic nitrogens is 4. The van der Waals surface area contributed by atoms with Gasteiger partial charge in [0.05, 0.1) is 6.54 Å². The van der Waals surface area contributed by atoms with Crippen molar-refractivity contribution in [3.05, 3.63) is 36.0 Å². The fourth-order valence-corrected chi connectivity index (χ4v) is 3.31. The van der Waals surface area contributed by atoms with E-state index in [0.717, 1.165) is 69.8 Å². The van der Waals surface area contributed by atoms with Crippen molar-refractivity contribution in [3.63, 3.8) is 0 Å². The molecule has 9 heteroatoms. The minimum atomic E-state index is 0.617. The summed E-state index contributed by atoms with van der Waals surface area (Å²) in [6.45, 7) is 11.4. The number of nitrogens with zero attached hydrogens (tertiary/aromatic N) is 7. The average molecular weight is 400 g/mol. The van der Waals surface area contributed by atoms with Crippen molar-refractivity contribution in [3.8, 4) is 0 Å². The van der Waals surface area contributed by atoms with Crippen LogP contribution in [0.1, 0.15) is 25.2 Å². The normalized spacial score (nSPS) is 15.6. The van der Waals surface area contributed by atoms with Gasteiger partial charge < -0.3 is 25.0 Å². The quantitative estimate of drug-likeness (QED) is 0.500. The molecule has 0 amide bonds. The second-order valence-corrected chi connectivity index (χ2v) is 7.23. The molecule has 0 radical (unpaired) electrons. The minimum Gasteiger partial charge on any atom is -0.357 e. The Morgan fingerprint density at radius 1 is 1.17 bits per heavy atom. The van der Waals surface area contributed by atoms with E-state index in [2.05, 4.69) is 67.1 Å². The molecule has 0 aromatic carbocycles. The Morgan fingerprint density at radius 3 is 2.76 bits per heavy atom. The molecule has 0 spiro atoms. The van der Waals surface area contributed by atoms with Gasteiger partial charge >= 0.3 is 0 Å². The number of rotatable bonds is 8. The number of hydrogen-bond donors (Lipinski definition) is 2. The maximum atomic E-state index is 4.74. The largest absolute Gasteiger partial charge is 0.357 e. The van der Waals surface area contributed by atoms with E-state index in [0.29, 0.717) is 6.54 Å². The van der Waals surface area contributed by atoms with Gasteiger partial charge in [-0.3, -0.25) is 0 Å². The molecule has 0 unspecified atom stereocenters. The maximum absolute atomic E-state index is 4.74. The van der Waals surface area contributed by atoms with Crippen LogP contribution in [-0.2, 0) is 19.5 Å². The molecule has 3 heterocycles. The molecule has 1 fully saturated rings. The Morgan fingerprint density at radius 2 is 2.00 bits per heavy atom. The molecule has 2 aromatic heterocycles. The lowest BCUT2D eigenvalue weighted by atomic mass is 10.2. The van der Waals surface area contributed by atoms with Crippen LogP contribution in [-0.4, -0.2) is 76.9 Å². The molecule has 1 aliphatic heterocycles. The Kier molecular flexibility index (Phi) is 7.80. The summed E-state index contributed by atoms with van der Waals surface area (Å²) in [7, 11) is 2.16. The first kappa shape index (κ1) is 21.0. The van der Waals surface area contributed by atoms with Gasteiger partial charge in [0.1, 0.15) is 18.0 Å². The number of likely N-dealkylation sites (N-methyl/N-ethyl adjacent to an activating group) is 1. The number of nitrogens with one attached hydrogen (secondary N) is 2. The number of guanidine groups is 1. The molecule has 0 bridgehead atoms. The van der Waals surface area contributed by atoms with Crippen LogP contribution in [0.15, 0.2) is 29.6 Å². The van der Waals surface area contributed by atoms with E-state index >= 15 is 0 Å². The Balaban J connectivity index is 1.56. The first-order valence-corrected chi connectivity index (χ1v) is 10.5. The van der Waals surface area contributed by atoms with Gasteiger partial charge in [0.15, 0.2) is 5.96 Å². The number of aliphatic imine (C=N–C) groups is 1. The number of piperazine rings is 1. The number of aryl methyl sites for hydroxylation is 1. The Hall–Kier alpha value is -2.68. The lowest BCUT2D eigenvalue weighted by Crippen LogP contribution is -2.44. The molecule has 1 aliphatic rings. The molecule has 3 rings (SSSR count). The van der Waals surface area contributed by atoms with Crippen LogP contribution < -0.4 is 15.5 Å². The van der Waals surface area contributed by atoms with Crippen molar-refractivity contribution >= 4 is 11.8 Å². The zero-order valence-corrected chi connectivity index (χ0v) is 17.8. The highest BCUT2D eigenvalue weighted by atomic mass is 15.3. The van der Waals surface area contributed by atoms with Crippen molar-refractivity contribution in [1.82, 2.24) is 35.3 Å². The van der Waals surface area contributed by atoms with E-state index in [-0.39, 0.29) is 0 Å². The summed E-state index contributed by atoms with van der Waals surface area (Å²) in [5, 5.41) is 14.8. The van der Waals surface area contributed by atoms with Gasteiger partial charge in [-0.1, -0.05) is 6.92 Å². The topological polar surface area (TPSA) is 86.5 Å². The fourth-order valence-electron chi connectivity index (χ4n) is 3.31. The van der Waals surface area contributed by atoms with Crippen LogP contribution in [0, 0.1) is 0 Å². The lowest BCUT2D eigenvalue weighted by molar-refractivity contribution is 0.312. The summed E-state index contributed by atoms with van der Waals surface area (Å²) < 4.78 is 2.07. The summed E-state index contributed by atoms with van der Waals surface area (Å²) in [5.74, 6) is 2.86. The monoisotopic (exact) mass is 399 g/mol. The van der Waals surface area contributed by atoms with E-state index in [4.69, 9.17) is 4.99 Å². The van der Waals surface area contributed by atoms with Crippen LogP contribution >= 0.6 is 0 Å². The van der Waals surface area contributed by atoms with Crippen molar-refractivity contribution in [2.24, 2.45) is 4.99 Å². The van der Waals surface area contributed by atoms with Crippen molar-refractivity contribution in [1.29, 1.82) is 0 Å². The average Bonchev–Trinajstić information content (AvgIpc) is 3.20. The van der Waals surface area contributed by atoms with E-state index in [1.54, 1.807) is 6.33 Å². The van der Waals surface area contributed by atoms with E-state index in [9.17, 15) is 0 Å². The third-order valence-corrected chi connectivity index (χ3v) is 5.06. The predicted molar refractivity (Wildman–Crippen MR) is 116 cm³/mol. The smallest absolute Gasteiger partial charge is 0.191 e. The van der Waals surface area contributed by atoms with Crippen molar-refractivity contribution < 1.29 is 0 Å². The highest BCUT2D eigenvalue weighted by molar-refractivity contribution is 5.79. The summed E-state index contributed by atoms with van der Waals surface area (Å²) >= 11 is 0. The number of pyridine rings is 1. The minimum absolute atomic E-state index is 0.617. The summed E-state index contributed by atoms with van der Waals surface area (Å²) in [5.41, 5.74) is 1.17. The van der Waals surface area contributed by atoms with Gasteiger partial charge in [-0.25, -0.2) is 9.98 Å². The molecule has 0 atom stereocenters. The first-order chi connectivity index (χ1) is 14.2. The van der Waals surface area contributed by atoms with Gasteiger partial charge in [-0.05, 0) is 31.7 Å².